The molecule has 0 atom stereocenters. The molecular formula is C41H47N7O17S. The Kier molecular flexibility index (Phi) is 18.3. The van der Waals surface area contributed by atoms with E-state index < -0.39 is 63.7 Å². The second-order valence-corrected chi connectivity index (χ2v) is 16.1. The zero-order valence-electron chi connectivity index (χ0n) is 36.0. The zero-order chi connectivity index (χ0) is 47.7. The van der Waals surface area contributed by atoms with Crippen LogP contribution in [0.1, 0.15) is 42.3 Å². The van der Waals surface area contributed by atoms with E-state index in [1.54, 1.807) is 36.4 Å². The third-order valence-corrected chi connectivity index (χ3v) is 10.4. The van der Waals surface area contributed by atoms with E-state index in [1.165, 1.54) is 62.0 Å². The number of aromatic nitrogens is 4. The first kappa shape index (κ1) is 50.4. The lowest BCUT2D eigenvalue weighted by Crippen LogP contribution is -2.36. The van der Waals surface area contributed by atoms with Gasteiger partial charge < -0.3 is 33.2 Å². The fourth-order valence-corrected chi connectivity index (χ4v) is 6.77. The van der Waals surface area contributed by atoms with Crippen LogP contribution in [-0.2, 0) is 50.7 Å². The summed E-state index contributed by atoms with van der Waals surface area (Å²) in [5.74, 6) is -2.28. The van der Waals surface area contributed by atoms with Crippen molar-refractivity contribution in [1.29, 1.82) is 0 Å². The van der Waals surface area contributed by atoms with Crippen LogP contribution in [0.5, 0.6) is 23.1 Å². The summed E-state index contributed by atoms with van der Waals surface area (Å²) in [7, 11) is -3.39. The zero-order valence-corrected chi connectivity index (χ0v) is 36.8. The molecule has 354 valence electrons. The number of methoxy groups -OCH3 is 1. The van der Waals surface area contributed by atoms with Crippen LogP contribution >= 0.6 is 0 Å². The van der Waals surface area contributed by atoms with E-state index in [-0.39, 0.29) is 78.7 Å². The summed E-state index contributed by atoms with van der Waals surface area (Å²) in [5.41, 5.74) is 0.976. The van der Waals surface area contributed by atoms with E-state index in [4.69, 9.17) is 54.0 Å². The van der Waals surface area contributed by atoms with Crippen molar-refractivity contribution < 1.29 is 81.7 Å². The van der Waals surface area contributed by atoms with E-state index in [0.717, 1.165) is 5.56 Å². The molecule has 0 spiro atoms. The Morgan fingerprint density at radius 2 is 1.39 bits per heavy atom. The average Bonchev–Trinajstić information content (AvgIpc) is 3.30. The van der Waals surface area contributed by atoms with Gasteiger partial charge >= 0.3 is 12.1 Å². The molecule has 5 aromatic rings. The number of carbonyl (C=O) groups excluding carboxylic acids is 2. The van der Waals surface area contributed by atoms with Crippen molar-refractivity contribution in [3.63, 3.8) is 0 Å². The van der Waals surface area contributed by atoms with Gasteiger partial charge in [-0.2, -0.15) is 4.98 Å². The highest BCUT2D eigenvalue weighted by Gasteiger charge is 2.35. The Morgan fingerprint density at radius 1 is 0.712 bits per heavy atom. The van der Waals surface area contributed by atoms with Gasteiger partial charge in [0, 0.05) is 12.4 Å². The monoisotopic (exact) mass is 941 g/mol. The number of para-hydroxylation sites is 2. The topological polar surface area (TPSA) is 294 Å². The molecule has 0 radical (unpaired) electrons. The van der Waals surface area contributed by atoms with Crippen LogP contribution in [0.2, 0.25) is 0 Å². The van der Waals surface area contributed by atoms with Gasteiger partial charge in [0.15, 0.2) is 29.9 Å². The van der Waals surface area contributed by atoms with Gasteiger partial charge in [-0.3, -0.25) is 20.8 Å². The molecule has 0 unspecified atom stereocenters. The van der Waals surface area contributed by atoms with Crippen molar-refractivity contribution in [1.82, 2.24) is 30.7 Å². The SMILES string of the molecule is COc1ccccc1Oc1c(OCCOC(=O)c2cccc(CON(O)O)c2)nc(-c2ncccn2)nc1N(COC(=O)OCCOCCON(O)O)S(=O)(=O)c1ccc(C(C)(C)C)cc1. The summed E-state index contributed by atoms with van der Waals surface area (Å²) in [6, 6.07) is 19.9. The quantitative estimate of drug-likeness (QED) is 0.0270. The van der Waals surface area contributed by atoms with Crippen molar-refractivity contribution in [3.8, 4) is 34.8 Å². The molecule has 0 saturated heterocycles. The summed E-state index contributed by atoms with van der Waals surface area (Å²) in [6.07, 6.45) is 1.47. The lowest BCUT2D eigenvalue weighted by molar-refractivity contribution is -0.497. The molecule has 0 amide bonds. The Bertz CT molecular complexity index is 2460. The Morgan fingerprint density at radius 3 is 2.08 bits per heavy atom. The van der Waals surface area contributed by atoms with Gasteiger partial charge in [-0.25, -0.2) is 46.9 Å². The Balaban J connectivity index is 1.55. The van der Waals surface area contributed by atoms with Crippen molar-refractivity contribution in [2.75, 3.05) is 57.8 Å². The van der Waals surface area contributed by atoms with Crippen LogP contribution in [0.3, 0.4) is 0 Å². The number of esters is 1. The number of benzene rings is 3. The molecule has 0 aliphatic heterocycles. The highest BCUT2D eigenvalue weighted by molar-refractivity contribution is 7.92. The van der Waals surface area contributed by atoms with Gasteiger partial charge in [-0.05, 0) is 59.0 Å². The van der Waals surface area contributed by atoms with E-state index in [0.29, 0.717) is 9.87 Å². The van der Waals surface area contributed by atoms with Crippen molar-refractivity contribution >= 4 is 28.0 Å². The van der Waals surface area contributed by atoms with E-state index in [9.17, 15) is 18.0 Å². The molecule has 0 saturated carbocycles. The fourth-order valence-electron chi connectivity index (χ4n) is 5.49. The normalized spacial score (nSPS) is 11.6. The number of hydrogen-bond donors (Lipinski definition) is 4. The van der Waals surface area contributed by atoms with Gasteiger partial charge in [0.2, 0.25) is 11.6 Å². The first-order valence-corrected chi connectivity index (χ1v) is 21.0. The van der Waals surface area contributed by atoms with Crippen LogP contribution in [0.25, 0.3) is 11.6 Å². The van der Waals surface area contributed by atoms with Crippen LogP contribution in [0, 0.1) is 0 Å². The lowest BCUT2D eigenvalue weighted by atomic mass is 9.87. The van der Waals surface area contributed by atoms with Gasteiger partial charge in [0.05, 0.1) is 54.8 Å². The van der Waals surface area contributed by atoms with E-state index in [2.05, 4.69) is 29.6 Å². The second-order valence-electron chi connectivity index (χ2n) is 14.2. The van der Waals surface area contributed by atoms with Crippen molar-refractivity contribution in [2.45, 2.75) is 37.7 Å². The maximum absolute atomic E-state index is 14.9. The maximum Gasteiger partial charge on any atom is 0.510 e. The number of ether oxygens (including phenoxy) is 7. The van der Waals surface area contributed by atoms with Gasteiger partial charge in [0.1, 0.15) is 19.8 Å². The summed E-state index contributed by atoms with van der Waals surface area (Å²) in [4.78, 5) is 52.3. The minimum Gasteiger partial charge on any atom is -0.493 e. The number of hydrogen-bond acceptors (Lipinski definition) is 23. The number of rotatable bonds is 24. The molecule has 25 heteroatoms. The molecule has 5 rings (SSSR count). The third-order valence-electron chi connectivity index (χ3n) is 8.65. The average molecular weight is 942 g/mol. The summed E-state index contributed by atoms with van der Waals surface area (Å²) < 4.78 is 69.4. The Hall–Kier alpha value is -6.65. The summed E-state index contributed by atoms with van der Waals surface area (Å²) in [5, 5.41) is 34.1. The molecule has 24 nitrogen and oxygen atoms in total. The predicted octanol–water partition coefficient (Wildman–Crippen LogP) is 5.11. The maximum atomic E-state index is 14.9. The second kappa shape index (κ2) is 24.0. The first-order chi connectivity index (χ1) is 31.6. The van der Waals surface area contributed by atoms with Crippen molar-refractivity contribution in [2.24, 2.45) is 0 Å². The van der Waals surface area contributed by atoms with Gasteiger partial charge in [0.25, 0.3) is 15.9 Å². The minimum atomic E-state index is -4.77. The molecule has 0 aliphatic carbocycles. The largest absolute Gasteiger partial charge is 0.510 e. The van der Waals surface area contributed by atoms with Gasteiger partial charge in [-0.15, -0.1) is 0 Å². The molecule has 2 heterocycles. The molecule has 3 aromatic carbocycles. The smallest absolute Gasteiger partial charge is 0.493 e. The molecule has 66 heavy (non-hydrogen) atoms. The van der Waals surface area contributed by atoms with E-state index >= 15 is 0 Å². The summed E-state index contributed by atoms with van der Waals surface area (Å²) in [6.45, 7) is 2.85. The number of carbonyl (C=O) groups is 2. The fraction of sp³-hybridized carbons (Fsp3) is 0.317. The number of nitrogens with zero attached hydrogens (tertiary/aromatic N) is 7. The molecule has 0 aliphatic rings. The number of sulfonamides is 1. The molecule has 0 bridgehead atoms. The highest BCUT2D eigenvalue weighted by atomic mass is 32.2. The molecule has 4 N–H and O–H groups in total. The number of anilines is 1. The first-order valence-electron chi connectivity index (χ1n) is 19.6. The lowest BCUT2D eigenvalue weighted by Gasteiger charge is -2.26. The predicted molar refractivity (Wildman–Crippen MR) is 223 cm³/mol. The van der Waals surface area contributed by atoms with Crippen LogP contribution in [0.15, 0.2) is 96.2 Å². The molecule has 0 fully saturated rings. The Labute approximate surface area is 377 Å². The molecular weight excluding hydrogens is 895 g/mol. The standard InChI is InChI=1S/C41H47N7O17S/c1-41(2,3)30-13-15-31(16-14-30)66(55,56)46(27-62-40(50)61-21-19-58-20-24-63-47(51)52)37-34(65-33-12-6-5-11-32(33)57-4)38(45-36(44-37)35-42-17-8-18-43-35)59-22-23-60-39(49)29-10-7-9-28(25-29)26-64-48(53)54/h5-18,25,51-54H,19-24,26-27H2,1-4H3. The van der Waals surface area contributed by atoms with Crippen LogP contribution < -0.4 is 18.5 Å². The van der Waals surface area contributed by atoms with E-state index in [1.807, 2.05) is 20.8 Å². The third kappa shape index (κ3) is 14.7. The van der Waals surface area contributed by atoms with Crippen LogP contribution in [0.4, 0.5) is 10.6 Å². The minimum absolute atomic E-state index is 0.0440. The summed E-state index contributed by atoms with van der Waals surface area (Å²) >= 11 is 0. The van der Waals surface area contributed by atoms with Crippen LogP contribution in [-0.4, -0.2) is 126 Å². The van der Waals surface area contributed by atoms with Gasteiger partial charge in [-0.1, -0.05) is 57.2 Å². The highest BCUT2D eigenvalue weighted by Crippen LogP contribution is 2.43. The molecule has 2 aromatic heterocycles. The van der Waals surface area contributed by atoms with Crippen molar-refractivity contribution in [3.05, 3.63) is 108 Å².